The van der Waals surface area contributed by atoms with E-state index in [-0.39, 0.29) is 5.91 Å². The molecule has 0 spiro atoms. The number of carbonyl (C=O) groups is 1. The maximum Gasteiger partial charge on any atom is 0.266 e. The fourth-order valence-electron chi connectivity index (χ4n) is 2.36. The van der Waals surface area contributed by atoms with E-state index in [2.05, 4.69) is 34.2 Å². The maximum atomic E-state index is 11.3. The smallest absolute Gasteiger partial charge is 0.266 e. The zero-order valence-electron chi connectivity index (χ0n) is 11.5. The van der Waals surface area contributed by atoms with E-state index >= 15 is 0 Å². The Balaban J connectivity index is 1.98. The summed E-state index contributed by atoms with van der Waals surface area (Å²) in [5, 5.41) is 0. The topological polar surface area (TPSA) is 74.5 Å². The molecule has 2 heterocycles. The molecule has 1 aromatic rings. The van der Waals surface area contributed by atoms with Gasteiger partial charge in [-0.25, -0.2) is 5.84 Å². The number of nitrogens with zero attached hydrogens (tertiary/aromatic N) is 3. The summed E-state index contributed by atoms with van der Waals surface area (Å²) in [6, 6.07) is 4.16. The van der Waals surface area contributed by atoms with Crippen molar-refractivity contribution in [1.29, 1.82) is 0 Å². The number of likely N-dealkylation sites (N-methyl/N-ethyl adjacent to an activating group) is 1. The van der Waals surface area contributed by atoms with Gasteiger partial charge in [-0.2, -0.15) is 0 Å². The van der Waals surface area contributed by atoms with E-state index in [1.54, 1.807) is 12.3 Å². The van der Waals surface area contributed by atoms with E-state index in [1.807, 2.05) is 6.07 Å². The third kappa shape index (κ3) is 3.50. The van der Waals surface area contributed by atoms with Gasteiger partial charge in [-0.05, 0) is 26.1 Å². The Kier molecular flexibility index (Phi) is 4.47. The second kappa shape index (κ2) is 6.10. The second-order valence-corrected chi connectivity index (χ2v) is 5.09. The lowest BCUT2D eigenvalue weighted by Crippen LogP contribution is -2.49. The zero-order chi connectivity index (χ0) is 13.8. The first-order valence-electron chi connectivity index (χ1n) is 6.48. The van der Waals surface area contributed by atoms with E-state index in [4.69, 9.17) is 5.84 Å². The van der Waals surface area contributed by atoms with Crippen molar-refractivity contribution in [1.82, 2.24) is 20.2 Å². The number of aromatic nitrogens is 1. The number of hydrazine groups is 1. The van der Waals surface area contributed by atoms with Crippen LogP contribution in [0.2, 0.25) is 0 Å². The summed E-state index contributed by atoms with van der Waals surface area (Å²) in [5.41, 5.74) is 3.56. The van der Waals surface area contributed by atoms with Crippen molar-refractivity contribution in [3.05, 3.63) is 29.6 Å². The van der Waals surface area contributed by atoms with Gasteiger partial charge in [-0.3, -0.25) is 20.1 Å². The molecule has 6 heteroatoms. The Morgan fingerprint density at radius 3 is 2.89 bits per heavy atom. The average Bonchev–Trinajstić information content (AvgIpc) is 2.42. The van der Waals surface area contributed by atoms with E-state index in [0.717, 1.165) is 31.9 Å². The molecule has 1 aliphatic heterocycles. The van der Waals surface area contributed by atoms with Crippen LogP contribution in [0.5, 0.6) is 0 Å². The zero-order valence-corrected chi connectivity index (χ0v) is 11.5. The quantitative estimate of drug-likeness (QED) is 0.449. The number of nitrogens with one attached hydrogen (secondary N) is 1. The highest BCUT2D eigenvalue weighted by atomic mass is 16.2. The van der Waals surface area contributed by atoms with Gasteiger partial charge in [-0.15, -0.1) is 0 Å². The highest BCUT2D eigenvalue weighted by molar-refractivity contribution is 5.93. The second-order valence-electron chi connectivity index (χ2n) is 5.09. The highest BCUT2D eigenvalue weighted by Crippen LogP contribution is 2.12. The maximum absolute atomic E-state index is 11.3. The van der Waals surface area contributed by atoms with Gasteiger partial charge in [0.25, 0.3) is 5.91 Å². The molecule has 0 bridgehead atoms. The van der Waals surface area contributed by atoms with Crippen LogP contribution in [0.1, 0.15) is 23.0 Å². The SMILES string of the molecule is CC1CN(C)CCN1Cc1ccc(C(=O)NN)cn1. The molecular formula is C13H21N5O. The minimum absolute atomic E-state index is 0.313. The van der Waals surface area contributed by atoms with Crippen LogP contribution in [0.15, 0.2) is 18.3 Å². The van der Waals surface area contributed by atoms with Crippen LogP contribution in [-0.2, 0) is 6.54 Å². The van der Waals surface area contributed by atoms with Crippen LogP contribution >= 0.6 is 0 Å². The molecule has 1 saturated heterocycles. The Labute approximate surface area is 113 Å². The van der Waals surface area contributed by atoms with Gasteiger partial charge in [0.2, 0.25) is 0 Å². The molecular weight excluding hydrogens is 242 g/mol. The average molecular weight is 263 g/mol. The molecule has 3 N–H and O–H groups in total. The number of hydrogen-bond acceptors (Lipinski definition) is 5. The minimum Gasteiger partial charge on any atom is -0.304 e. The predicted octanol–water partition coefficient (Wildman–Crippen LogP) is -0.179. The summed E-state index contributed by atoms with van der Waals surface area (Å²) < 4.78 is 0. The van der Waals surface area contributed by atoms with E-state index in [9.17, 15) is 4.79 Å². The summed E-state index contributed by atoms with van der Waals surface area (Å²) in [7, 11) is 2.15. The fraction of sp³-hybridized carbons (Fsp3) is 0.538. The predicted molar refractivity (Wildman–Crippen MR) is 73.3 cm³/mol. The molecule has 2 rings (SSSR count). The Morgan fingerprint density at radius 2 is 2.32 bits per heavy atom. The Morgan fingerprint density at radius 1 is 1.53 bits per heavy atom. The van der Waals surface area contributed by atoms with Gasteiger partial charge in [-0.1, -0.05) is 0 Å². The van der Waals surface area contributed by atoms with Gasteiger partial charge >= 0.3 is 0 Å². The fourth-order valence-corrected chi connectivity index (χ4v) is 2.36. The highest BCUT2D eigenvalue weighted by Gasteiger charge is 2.21. The molecule has 1 amide bonds. The van der Waals surface area contributed by atoms with Crippen molar-refractivity contribution in [3.63, 3.8) is 0 Å². The third-order valence-corrected chi connectivity index (χ3v) is 3.55. The molecule has 6 nitrogen and oxygen atoms in total. The molecule has 0 saturated carbocycles. The molecule has 0 radical (unpaired) electrons. The molecule has 1 aromatic heterocycles. The normalized spacial score (nSPS) is 21.3. The molecule has 104 valence electrons. The summed E-state index contributed by atoms with van der Waals surface area (Å²) in [5.74, 6) is 4.77. The van der Waals surface area contributed by atoms with Gasteiger partial charge in [0.05, 0.1) is 11.3 Å². The number of nitrogen functional groups attached to an aromatic ring is 1. The Bertz CT molecular complexity index is 433. The van der Waals surface area contributed by atoms with Crippen LogP contribution in [0, 0.1) is 0 Å². The lowest BCUT2D eigenvalue weighted by Gasteiger charge is -2.37. The van der Waals surface area contributed by atoms with Crippen LogP contribution in [0.4, 0.5) is 0 Å². The van der Waals surface area contributed by atoms with E-state index in [0.29, 0.717) is 11.6 Å². The number of pyridine rings is 1. The molecule has 19 heavy (non-hydrogen) atoms. The number of rotatable bonds is 3. The van der Waals surface area contributed by atoms with Crippen LogP contribution in [0.3, 0.4) is 0 Å². The third-order valence-electron chi connectivity index (χ3n) is 3.55. The van der Waals surface area contributed by atoms with E-state index in [1.165, 1.54) is 0 Å². The monoisotopic (exact) mass is 263 g/mol. The number of hydrogen-bond donors (Lipinski definition) is 2. The summed E-state index contributed by atoms with van der Waals surface area (Å²) in [6.45, 7) is 6.25. The molecule has 1 aliphatic rings. The van der Waals surface area contributed by atoms with Crippen molar-refractivity contribution in [3.8, 4) is 0 Å². The van der Waals surface area contributed by atoms with Crippen LogP contribution < -0.4 is 11.3 Å². The Hall–Kier alpha value is -1.50. The number of nitrogens with two attached hydrogens (primary N) is 1. The molecule has 0 aromatic carbocycles. The molecule has 1 unspecified atom stereocenters. The van der Waals surface area contributed by atoms with Gasteiger partial charge in [0, 0.05) is 38.4 Å². The van der Waals surface area contributed by atoms with Gasteiger partial charge < -0.3 is 4.90 Å². The van der Waals surface area contributed by atoms with Crippen molar-refractivity contribution in [2.45, 2.75) is 19.5 Å². The van der Waals surface area contributed by atoms with Gasteiger partial charge in [0.15, 0.2) is 0 Å². The van der Waals surface area contributed by atoms with Crippen molar-refractivity contribution < 1.29 is 4.79 Å². The van der Waals surface area contributed by atoms with Gasteiger partial charge in [0.1, 0.15) is 0 Å². The summed E-state index contributed by atoms with van der Waals surface area (Å²) in [6.07, 6.45) is 1.57. The first-order valence-corrected chi connectivity index (χ1v) is 6.48. The molecule has 1 fully saturated rings. The van der Waals surface area contributed by atoms with Crippen LogP contribution in [-0.4, -0.2) is 53.4 Å². The lowest BCUT2D eigenvalue weighted by atomic mass is 10.1. The standard InChI is InChI=1S/C13H21N5O/c1-10-8-17(2)5-6-18(10)9-12-4-3-11(7-15-12)13(19)16-14/h3-4,7,10H,5-6,8-9,14H2,1-2H3,(H,16,19). The van der Waals surface area contributed by atoms with Crippen LogP contribution in [0.25, 0.3) is 0 Å². The summed E-state index contributed by atoms with van der Waals surface area (Å²) >= 11 is 0. The van der Waals surface area contributed by atoms with Crippen molar-refractivity contribution in [2.75, 3.05) is 26.7 Å². The largest absolute Gasteiger partial charge is 0.304 e. The number of amides is 1. The number of piperazine rings is 1. The summed E-state index contributed by atoms with van der Waals surface area (Å²) in [4.78, 5) is 20.4. The van der Waals surface area contributed by atoms with E-state index < -0.39 is 0 Å². The molecule has 1 atom stereocenters. The molecule has 0 aliphatic carbocycles. The first kappa shape index (κ1) is 13.9. The van der Waals surface area contributed by atoms with Crippen molar-refractivity contribution in [2.24, 2.45) is 5.84 Å². The minimum atomic E-state index is -0.313. The number of carbonyl (C=O) groups excluding carboxylic acids is 1. The van der Waals surface area contributed by atoms with Crippen molar-refractivity contribution >= 4 is 5.91 Å². The lowest BCUT2D eigenvalue weighted by molar-refractivity contribution is 0.0924. The first-order chi connectivity index (χ1) is 9.10.